The molecule has 1 aromatic heterocycles. The number of pyridine rings is 1. The molecule has 3 atom stereocenters. The number of hydrogen-bond donors (Lipinski definition) is 0. The lowest BCUT2D eigenvalue weighted by atomic mass is 10.1. The van der Waals surface area contributed by atoms with E-state index in [0.717, 1.165) is 32.1 Å². The van der Waals surface area contributed by atoms with Crippen molar-refractivity contribution >= 4 is 5.91 Å². The maximum Gasteiger partial charge on any atom is 0.276 e. The number of fused-ring (bicyclic) bond motifs is 5. The van der Waals surface area contributed by atoms with Gasteiger partial charge in [0, 0.05) is 18.3 Å². The summed E-state index contributed by atoms with van der Waals surface area (Å²) >= 11 is 0. The Bertz CT molecular complexity index is 684. The Balaban J connectivity index is 1.71. The highest BCUT2D eigenvalue weighted by atomic mass is 16.5. The van der Waals surface area contributed by atoms with E-state index >= 15 is 0 Å². The third-order valence-corrected chi connectivity index (χ3v) is 5.08. The molecule has 3 heterocycles. The molecule has 124 valence electrons. The van der Waals surface area contributed by atoms with Gasteiger partial charge in [-0.1, -0.05) is 13.3 Å². The molecule has 1 aromatic rings. The van der Waals surface area contributed by atoms with E-state index in [0.29, 0.717) is 18.8 Å². The summed E-state index contributed by atoms with van der Waals surface area (Å²) in [7, 11) is 0. The molecule has 0 aromatic carbocycles. The molecule has 0 spiro atoms. The zero-order valence-corrected chi connectivity index (χ0v) is 13.4. The molecular weight excluding hydrogens is 296 g/mol. The Morgan fingerprint density at radius 1 is 1.35 bits per heavy atom. The number of aromatic nitrogens is 1. The average Bonchev–Trinajstić information content (AvgIpc) is 2.91. The molecule has 1 saturated carbocycles. The predicted molar refractivity (Wildman–Crippen MR) is 83.6 cm³/mol. The number of ether oxygens (including phenoxy) is 2. The lowest BCUT2D eigenvalue weighted by Gasteiger charge is -2.44. The molecule has 2 fully saturated rings. The number of hydrogen-bond acceptors (Lipinski definition) is 4. The van der Waals surface area contributed by atoms with E-state index in [2.05, 4.69) is 6.92 Å². The van der Waals surface area contributed by atoms with Crippen molar-refractivity contribution in [3.63, 3.8) is 0 Å². The van der Waals surface area contributed by atoms with Crippen LogP contribution in [0.3, 0.4) is 0 Å². The molecule has 6 nitrogen and oxygen atoms in total. The van der Waals surface area contributed by atoms with Crippen molar-refractivity contribution in [2.45, 2.75) is 63.9 Å². The van der Waals surface area contributed by atoms with Gasteiger partial charge in [-0.05, 0) is 25.7 Å². The Hall–Kier alpha value is -1.82. The lowest BCUT2D eigenvalue weighted by molar-refractivity contribution is -0.132. The van der Waals surface area contributed by atoms with Crippen LogP contribution in [0.15, 0.2) is 17.1 Å². The van der Waals surface area contributed by atoms with Crippen LogP contribution in [-0.2, 0) is 11.3 Å². The fourth-order valence-corrected chi connectivity index (χ4v) is 3.92. The summed E-state index contributed by atoms with van der Waals surface area (Å²) in [6.07, 6.45) is 6.49. The van der Waals surface area contributed by atoms with E-state index in [9.17, 15) is 9.59 Å². The Kier molecular flexibility index (Phi) is 3.64. The van der Waals surface area contributed by atoms with E-state index in [1.165, 1.54) is 6.07 Å². The molecule has 1 aliphatic carbocycles. The summed E-state index contributed by atoms with van der Waals surface area (Å²) in [5, 5.41) is 0. The van der Waals surface area contributed by atoms with Crippen LogP contribution < -0.4 is 10.2 Å². The van der Waals surface area contributed by atoms with Gasteiger partial charge in [-0.3, -0.25) is 9.59 Å². The van der Waals surface area contributed by atoms with Gasteiger partial charge in [-0.2, -0.15) is 0 Å². The summed E-state index contributed by atoms with van der Waals surface area (Å²) in [5.41, 5.74) is 0.167. The average molecular weight is 318 g/mol. The standard InChI is InChI=1S/C17H22N2O4/c1-2-3-8-22-16-13(20)6-7-18-10-14-19(17(21)15(16)18)11-4-5-12(9-11)23-14/h6-7,11-12,14H,2-5,8-10H2,1H3. The minimum atomic E-state index is -0.221. The molecule has 6 heteroatoms. The van der Waals surface area contributed by atoms with Crippen LogP contribution in [0.25, 0.3) is 0 Å². The molecule has 23 heavy (non-hydrogen) atoms. The number of nitrogens with zero attached hydrogens (tertiary/aromatic N) is 2. The van der Waals surface area contributed by atoms with Crippen LogP contribution in [0.5, 0.6) is 5.75 Å². The zero-order valence-electron chi connectivity index (χ0n) is 13.4. The maximum absolute atomic E-state index is 13.1. The third kappa shape index (κ3) is 2.36. The van der Waals surface area contributed by atoms with Gasteiger partial charge >= 0.3 is 0 Å². The van der Waals surface area contributed by atoms with E-state index in [4.69, 9.17) is 9.47 Å². The van der Waals surface area contributed by atoms with Crippen LogP contribution in [-0.4, -0.2) is 40.4 Å². The molecular formula is C17H22N2O4. The van der Waals surface area contributed by atoms with Crippen molar-refractivity contribution in [2.75, 3.05) is 6.61 Å². The van der Waals surface area contributed by atoms with Crippen molar-refractivity contribution in [3.05, 3.63) is 28.2 Å². The molecule has 1 amide bonds. The number of carbonyl (C=O) groups is 1. The molecule has 2 aliphatic heterocycles. The van der Waals surface area contributed by atoms with Crippen LogP contribution in [0.1, 0.15) is 49.5 Å². The summed E-state index contributed by atoms with van der Waals surface area (Å²) in [6.45, 7) is 3.09. The normalized spacial score (nSPS) is 28.5. The molecule has 4 rings (SSSR count). The smallest absolute Gasteiger partial charge is 0.276 e. The first-order chi connectivity index (χ1) is 11.2. The van der Waals surface area contributed by atoms with Gasteiger partial charge < -0.3 is 18.9 Å². The Labute approximate surface area is 135 Å². The molecule has 3 aliphatic rings. The van der Waals surface area contributed by atoms with Crippen LogP contribution in [0.4, 0.5) is 0 Å². The van der Waals surface area contributed by atoms with Crippen molar-refractivity contribution < 1.29 is 14.3 Å². The minimum Gasteiger partial charge on any atom is -0.487 e. The number of carbonyl (C=O) groups excluding carboxylic acids is 1. The molecule has 0 N–H and O–H groups in total. The van der Waals surface area contributed by atoms with Gasteiger partial charge in [0.25, 0.3) is 5.91 Å². The topological polar surface area (TPSA) is 60.8 Å². The first kappa shape index (κ1) is 14.8. The van der Waals surface area contributed by atoms with E-state index in [1.807, 2.05) is 9.47 Å². The van der Waals surface area contributed by atoms with E-state index in [1.54, 1.807) is 6.20 Å². The highest BCUT2D eigenvalue weighted by Gasteiger charge is 2.47. The molecule has 1 saturated heterocycles. The second-order valence-electron chi connectivity index (χ2n) is 6.60. The van der Waals surface area contributed by atoms with Crippen LogP contribution in [0, 0.1) is 0 Å². The lowest BCUT2D eigenvalue weighted by Crippen LogP contribution is -2.57. The van der Waals surface area contributed by atoms with Gasteiger partial charge in [0.2, 0.25) is 5.43 Å². The minimum absolute atomic E-state index is 0.129. The zero-order chi connectivity index (χ0) is 16.0. The van der Waals surface area contributed by atoms with Crippen LogP contribution >= 0.6 is 0 Å². The highest BCUT2D eigenvalue weighted by Crippen LogP contribution is 2.38. The molecule has 3 unspecified atom stereocenters. The monoisotopic (exact) mass is 318 g/mol. The summed E-state index contributed by atoms with van der Waals surface area (Å²) in [6, 6.07) is 1.71. The number of amides is 1. The van der Waals surface area contributed by atoms with Crippen molar-refractivity contribution in [1.29, 1.82) is 0 Å². The second kappa shape index (κ2) is 5.67. The number of unbranched alkanes of at least 4 members (excludes halogenated alkanes) is 1. The SMILES string of the molecule is CCCCOc1c2n(ccc1=O)CC1OC3CCC(C3)N1C2=O. The first-order valence-electron chi connectivity index (χ1n) is 8.53. The van der Waals surface area contributed by atoms with Crippen molar-refractivity contribution in [2.24, 2.45) is 0 Å². The van der Waals surface area contributed by atoms with Crippen molar-refractivity contribution in [3.8, 4) is 5.75 Å². The summed E-state index contributed by atoms with van der Waals surface area (Å²) in [5.74, 6) is 0.0697. The van der Waals surface area contributed by atoms with E-state index in [-0.39, 0.29) is 35.5 Å². The van der Waals surface area contributed by atoms with Crippen molar-refractivity contribution in [1.82, 2.24) is 9.47 Å². The predicted octanol–water partition coefficient (Wildman–Crippen LogP) is 1.76. The fourth-order valence-electron chi connectivity index (χ4n) is 3.92. The Morgan fingerprint density at radius 2 is 2.22 bits per heavy atom. The number of rotatable bonds is 4. The summed E-state index contributed by atoms with van der Waals surface area (Å²) < 4.78 is 13.5. The van der Waals surface area contributed by atoms with Gasteiger partial charge in [0.15, 0.2) is 17.7 Å². The molecule has 0 radical (unpaired) electrons. The maximum atomic E-state index is 13.1. The van der Waals surface area contributed by atoms with Gasteiger partial charge in [-0.25, -0.2) is 0 Å². The van der Waals surface area contributed by atoms with E-state index < -0.39 is 0 Å². The second-order valence-corrected chi connectivity index (χ2v) is 6.60. The largest absolute Gasteiger partial charge is 0.487 e. The summed E-state index contributed by atoms with van der Waals surface area (Å²) in [4.78, 5) is 27.1. The fraction of sp³-hybridized carbons (Fsp3) is 0.647. The van der Waals surface area contributed by atoms with Gasteiger partial charge in [0.05, 0.1) is 19.3 Å². The van der Waals surface area contributed by atoms with Gasteiger partial charge in [-0.15, -0.1) is 0 Å². The highest BCUT2D eigenvalue weighted by molar-refractivity contribution is 5.96. The van der Waals surface area contributed by atoms with Gasteiger partial charge in [0.1, 0.15) is 0 Å². The van der Waals surface area contributed by atoms with Crippen LogP contribution in [0.2, 0.25) is 0 Å². The first-order valence-corrected chi connectivity index (χ1v) is 8.53. The Morgan fingerprint density at radius 3 is 3.04 bits per heavy atom. The quantitative estimate of drug-likeness (QED) is 0.794. The molecule has 2 bridgehead atoms. The third-order valence-electron chi connectivity index (χ3n) is 5.08.